The molecule has 23 heavy (non-hydrogen) atoms. The lowest BCUT2D eigenvalue weighted by atomic mass is 10.1. The summed E-state index contributed by atoms with van der Waals surface area (Å²) in [4.78, 5) is 25.2. The number of carbonyl (C=O) groups excluding carboxylic acids is 2. The van der Waals surface area contributed by atoms with Gasteiger partial charge in [-0.2, -0.15) is 0 Å². The van der Waals surface area contributed by atoms with Gasteiger partial charge in [0.25, 0.3) is 11.8 Å². The van der Waals surface area contributed by atoms with Crippen LogP contribution in [0.1, 0.15) is 15.9 Å². The molecule has 5 nitrogen and oxygen atoms in total. The molecule has 0 spiro atoms. The SMILES string of the molecule is CNC(=O)c1ccc(CN(C)C(=O)COc2ccccc2)cc1. The van der Waals surface area contributed by atoms with Crippen LogP contribution in [0.3, 0.4) is 0 Å². The van der Waals surface area contributed by atoms with Crippen LogP contribution in [0.5, 0.6) is 5.75 Å². The van der Waals surface area contributed by atoms with Crippen LogP contribution in [-0.2, 0) is 11.3 Å². The number of benzene rings is 2. The van der Waals surface area contributed by atoms with E-state index in [1.165, 1.54) is 0 Å². The summed E-state index contributed by atoms with van der Waals surface area (Å²) in [6.45, 7) is 0.460. The normalized spacial score (nSPS) is 10.0. The van der Waals surface area contributed by atoms with Crippen molar-refractivity contribution in [2.45, 2.75) is 6.54 Å². The summed E-state index contributed by atoms with van der Waals surface area (Å²) in [7, 11) is 3.32. The standard InChI is InChI=1S/C18H20N2O3/c1-19-18(22)15-10-8-14(9-11-15)12-20(2)17(21)13-23-16-6-4-3-5-7-16/h3-11H,12-13H2,1-2H3,(H,19,22). The second kappa shape index (κ2) is 7.98. The highest BCUT2D eigenvalue weighted by molar-refractivity contribution is 5.93. The molecule has 2 aromatic carbocycles. The van der Waals surface area contributed by atoms with Crippen molar-refractivity contribution in [3.63, 3.8) is 0 Å². The van der Waals surface area contributed by atoms with Crippen molar-refractivity contribution in [3.8, 4) is 5.75 Å². The molecule has 0 aliphatic rings. The van der Waals surface area contributed by atoms with E-state index in [1.807, 2.05) is 42.5 Å². The molecule has 0 unspecified atom stereocenters. The highest BCUT2D eigenvalue weighted by Crippen LogP contribution is 2.10. The number of ether oxygens (including phenoxy) is 1. The van der Waals surface area contributed by atoms with Gasteiger partial charge in [0.1, 0.15) is 5.75 Å². The lowest BCUT2D eigenvalue weighted by Gasteiger charge is -2.17. The summed E-state index contributed by atoms with van der Waals surface area (Å²) in [5, 5.41) is 2.57. The van der Waals surface area contributed by atoms with Crippen LogP contribution in [0.2, 0.25) is 0 Å². The molecule has 0 saturated carbocycles. The van der Waals surface area contributed by atoms with E-state index in [2.05, 4.69) is 5.32 Å². The Kier molecular flexibility index (Phi) is 5.74. The molecule has 2 amide bonds. The lowest BCUT2D eigenvalue weighted by Crippen LogP contribution is -2.31. The summed E-state index contributed by atoms with van der Waals surface area (Å²) in [5.74, 6) is 0.436. The highest BCUT2D eigenvalue weighted by Gasteiger charge is 2.11. The van der Waals surface area contributed by atoms with Crippen molar-refractivity contribution >= 4 is 11.8 Å². The van der Waals surface area contributed by atoms with Crippen LogP contribution < -0.4 is 10.1 Å². The average molecular weight is 312 g/mol. The van der Waals surface area contributed by atoms with Gasteiger partial charge in [-0.05, 0) is 29.8 Å². The van der Waals surface area contributed by atoms with Crippen molar-refractivity contribution in [3.05, 3.63) is 65.7 Å². The maximum atomic E-state index is 12.1. The zero-order valence-electron chi connectivity index (χ0n) is 13.3. The fourth-order valence-electron chi connectivity index (χ4n) is 2.04. The maximum Gasteiger partial charge on any atom is 0.260 e. The minimum atomic E-state index is -0.128. The number of carbonyl (C=O) groups is 2. The Morgan fingerprint density at radius 3 is 2.30 bits per heavy atom. The average Bonchev–Trinajstić information content (AvgIpc) is 2.60. The van der Waals surface area contributed by atoms with E-state index in [9.17, 15) is 9.59 Å². The van der Waals surface area contributed by atoms with Crippen molar-refractivity contribution in [1.82, 2.24) is 10.2 Å². The summed E-state index contributed by atoms with van der Waals surface area (Å²) in [6, 6.07) is 16.4. The van der Waals surface area contributed by atoms with Gasteiger partial charge in [0.2, 0.25) is 0 Å². The smallest absolute Gasteiger partial charge is 0.260 e. The molecule has 0 aliphatic heterocycles. The van der Waals surface area contributed by atoms with Gasteiger partial charge >= 0.3 is 0 Å². The van der Waals surface area contributed by atoms with Gasteiger partial charge in [0, 0.05) is 26.2 Å². The predicted molar refractivity (Wildman–Crippen MR) is 88.2 cm³/mol. The minimum absolute atomic E-state index is 0.00314. The topological polar surface area (TPSA) is 58.6 Å². The van der Waals surface area contributed by atoms with E-state index in [-0.39, 0.29) is 18.4 Å². The number of hydrogen-bond acceptors (Lipinski definition) is 3. The van der Waals surface area contributed by atoms with Crippen LogP contribution in [0.25, 0.3) is 0 Å². The number of hydrogen-bond donors (Lipinski definition) is 1. The Morgan fingerprint density at radius 1 is 1.04 bits per heavy atom. The Labute approximate surface area is 135 Å². The van der Waals surface area contributed by atoms with E-state index in [0.29, 0.717) is 17.9 Å². The highest BCUT2D eigenvalue weighted by atomic mass is 16.5. The number of nitrogens with one attached hydrogen (secondary N) is 1. The van der Waals surface area contributed by atoms with E-state index in [0.717, 1.165) is 5.56 Å². The quantitative estimate of drug-likeness (QED) is 0.888. The first-order valence-electron chi connectivity index (χ1n) is 7.33. The Morgan fingerprint density at radius 2 is 1.70 bits per heavy atom. The molecule has 2 rings (SSSR count). The molecule has 0 radical (unpaired) electrons. The molecule has 0 heterocycles. The molecule has 0 bridgehead atoms. The van der Waals surface area contributed by atoms with Crippen LogP contribution in [0, 0.1) is 0 Å². The van der Waals surface area contributed by atoms with Crippen LogP contribution in [0.15, 0.2) is 54.6 Å². The molecule has 0 aromatic heterocycles. The monoisotopic (exact) mass is 312 g/mol. The van der Waals surface area contributed by atoms with Crippen molar-refractivity contribution in [2.75, 3.05) is 20.7 Å². The van der Waals surface area contributed by atoms with Crippen molar-refractivity contribution in [1.29, 1.82) is 0 Å². The van der Waals surface area contributed by atoms with Gasteiger partial charge in [-0.15, -0.1) is 0 Å². The third kappa shape index (κ3) is 4.85. The summed E-state index contributed by atoms with van der Waals surface area (Å²) in [5.41, 5.74) is 1.55. The van der Waals surface area contributed by atoms with Gasteiger partial charge < -0.3 is 15.0 Å². The number of para-hydroxylation sites is 1. The molecule has 1 N–H and O–H groups in total. The Hall–Kier alpha value is -2.82. The van der Waals surface area contributed by atoms with E-state index < -0.39 is 0 Å². The molecule has 0 fully saturated rings. The first-order chi connectivity index (χ1) is 11.1. The third-order valence-corrected chi connectivity index (χ3v) is 3.39. The second-order valence-corrected chi connectivity index (χ2v) is 5.13. The largest absolute Gasteiger partial charge is 0.484 e. The van der Waals surface area contributed by atoms with Crippen molar-refractivity contribution in [2.24, 2.45) is 0 Å². The van der Waals surface area contributed by atoms with Gasteiger partial charge in [0.05, 0.1) is 0 Å². The van der Waals surface area contributed by atoms with Crippen LogP contribution in [0.4, 0.5) is 0 Å². The summed E-state index contributed by atoms with van der Waals surface area (Å²) >= 11 is 0. The van der Waals surface area contributed by atoms with E-state index in [1.54, 1.807) is 31.1 Å². The molecular formula is C18H20N2O3. The molecule has 120 valence electrons. The lowest BCUT2D eigenvalue weighted by molar-refractivity contribution is -0.132. The number of likely N-dealkylation sites (N-methyl/N-ethyl adjacent to an activating group) is 1. The molecule has 0 atom stereocenters. The maximum absolute atomic E-state index is 12.1. The van der Waals surface area contributed by atoms with Crippen LogP contribution in [-0.4, -0.2) is 37.4 Å². The van der Waals surface area contributed by atoms with Crippen LogP contribution >= 0.6 is 0 Å². The molecule has 0 aliphatic carbocycles. The van der Waals surface area contributed by atoms with Crippen molar-refractivity contribution < 1.29 is 14.3 Å². The summed E-state index contributed by atoms with van der Waals surface area (Å²) < 4.78 is 5.45. The van der Waals surface area contributed by atoms with E-state index in [4.69, 9.17) is 4.74 Å². The molecule has 2 aromatic rings. The molecular weight excluding hydrogens is 292 g/mol. The number of rotatable bonds is 6. The first-order valence-corrected chi connectivity index (χ1v) is 7.33. The first kappa shape index (κ1) is 16.5. The predicted octanol–water partition coefficient (Wildman–Crippen LogP) is 2.08. The molecule has 5 heteroatoms. The van der Waals surface area contributed by atoms with Gasteiger partial charge in [0.15, 0.2) is 6.61 Å². The van der Waals surface area contributed by atoms with Gasteiger partial charge in [-0.25, -0.2) is 0 Å². The minimum Gasteiger partial charge on any atom is -0.484 e. The molecule has 0 saturated heterocycles. The zero-order chi connectivity index (χ0) is 16.7. The third-order valence-electron chi connectivity index (χ3n) is 3.39. The summed E-state index contributed by atoms with van der Waals surface area (Å²) in [6.07, 6.45) is 0. The second-order valence-electron chi connectivity index (χ2n) is 5.13. The number of amides is 2. The fraction of sp³-hybridized carbons (Fsp3) is 0.222. The Balaban J connectivity index is 1.86. The van der Waals surface area contributed by atoms with E-state index >= 15 is 0 Å². The van der Waals surface area contributed by atoms with Gasteiger partial charge in [-0.3, -0.25) is 9.59 Å². The van der Waals surface area contributed by atoms with Gasteiger partial charge in [-0.1, -0.05) is 30.3 Å². The Bertz CT molecular complexity index is 654. The number of nitrogens with zero attached hydrogens (tertiary/aromatic N) is 1. The fourth-order valence-corrected chi connectivity index (χ4v) is 2.04. The zero-order valence-corrected chi connectivity index (χ0v) is 13.3.